The van der Waals surface area contributed by atoms with Crippen LogP contribution in [0.15, 0.2) is 10.3 Å². The van der Waals surface area contributed by atoms with Crippen LogP contribution in [0.1, 0.15) is 41.5 Å². The molecule has 0 unspecified atom stereocenters. The van der Waals surface area contributed by atoms with Gasteiger partial charge in [0.2, 0.25) is 0 Å². The van der Waals surface area contributed by atoms with Crippen molar-refractivity contribution >= 4 is 11.4 Å². The van der Waals surface area contributed by atoms with Crippen molar-refractivity contribution in [1.82, 2.24) is 0 Å². The van der Waals surface area contributed by atoms with Gasteiger partial charge in [0.05, 0.1) is 11.4 Å². The molecule has 0 aliphatic heterocycles. The van der Waals surface area contributed by atoms with Gasteiger partial charge >= 0.3 is 0 Å². The van der Waals surface area contributed by atoms with E-state index < -0.39 is 0 Å². The lowest BCUT2D eigenvalue weighted by molar-refractivity contribution is 0.000643. The Labute approximate surface area is 110 Å². The summed E-state index contributed by atoms with van der Waals surface area (Å²) in [5, 5.41) is 7.46. The molecule has 18 heavy (non-hydrogen) atoms. The first-order valence-electron chi connectivity index (χ1n) is 6.04. The van der Waals surface area contributed by atoms with Crippen LogP contribution in [0.25, 0.3) is 0 Å². The SMILES string of the molecule is C/C(CN)=N\OC(C)(C)C.CCO/N=C(\C)CN. The molecule has 0 aromatic rings. The molecule has 6 heteroatoms. The van der Waals surface area contributed by atoms with E-state index in [9.17, 15) is 0 Å². The molecular formula is C12H28N4O2. The van der Waals surface area contributed by atoms with E-state index in [0.29, 0.717) is 19.7 Å². The molecule has 0 saturated heterocycles. The van der Waals surface area contributed by atoms with E-state index in [1.165, 1.54) is 0 Å². The third-order valence-corrected chi connectivity index (χ3v) is 1.42. The van der Waals surface area contributed by atoms with Crippen molar-refractivity contribution in [2.75, 3.05) is 19.7 Å². The van der Waals surface area contributed by atoms with E-state index in [1.807, 2.05) is 41.5 Å². The highest BCUT2D eigenvalue weighted by Gasteiger charge is 2.09. The maximum atomic E-state index is 5.29. The molecule has 0 atom stereocenters. The second-order valence-corrected chi connectivity index (χ2v) is 4.68. The summed E-state index contributed by atoms with van der Waals surface area (Å²) in [5.41, 5.74) is 11.9. The van der Waals surface area contributed by atoms with E-state index >= 15 is 0 Å². The zero-order valence-corrected chi connectivity index (χ0v) is 12.5. The summed E-state index contributed by atoms with van der Waals surface area (Å²) in [6, 6.07) is 0. The fourth-order valence-corrected chi connectivity index (χ4v) is 0.464. The van der Waals surface area contributed by atoms with Crippen molar-refractivity contribution in [2.45, 2.75) is 47.1 Å². The Kier molecular flexibility index (Phi) is 11.7. The Morgan fingerprint density at radius 3 is 1.78 bits per heavy atom. The second kappa shape index (κ2) is 11.0. The Hall–Kier alpha value is -1.14. The van der Waals surface area contributed by atoms with Crippen molar-refractivity contribution in [3.63, 3.8) is 0 Å². The van der Waals surface area contributed by atoms with Gasteiger partial charge in [0, 0.05) is 13.1 Å². The average molecular weight is 260 g/mol. The summed E-state index contributed by atoms with van der Waals surface area (Å²) in [5.74, 6) is 0. The molecule has 0 bridgehead atoms. The smallest absolute Gasteiger partial charge is 0.129 e. The molecule has 0 spiro atoms. The molecule has 0 fully saturated rings. The van der Waals surface area contributed by atoms with Gasteiger partial charge in [-0.15, -0.1) is 0 Å². The predicted molar refractivity (Wildman–Crippen MR) is 76.8 cm³/mol. The van der Waals surface area contributed by atoms with Gasteiger partial charge in [-0.1, -0.05) is 10.3 Å². The third kappa shape index (κ3) is 17.3. The second-order valence-electron chi connectivity index (χ2n) is 4.68. The van der Waals surface area contributed by atoms with Crippen molar-refractivity contribution in [3.05, 3.63) is 0 Å². The van der Waals surface area contributed by atoms with Crippen LogP contribution in [0.2, 0.25) is 0 Å². The van der Waals surface area contributed by atoms with Crippen LogP contribution in [-0.2, 0) is 9.68 Å². The molecule has 0 saturated carbocycles. The maximum absolute atomic E-state index is 5.29. The van der Waals surface area contributed by atoms with Gasteiger partial charge in [0.1, 0.15) is 12.2 Å². The Bertz CT molecular complexity index is 257. The lowest BCUT2D eigenvalue weighted by Gasteiger charge is -2.15. The van der Waals surface area contributed by atoms with Crippen LogP contribution in [0.4, 0.5) is 0 Å². The number of nitrogens with two attached hydrogens (primary N) is 2. The van der Waals surface area contributed by atoms with Gasteiger partial charge in [0.15, 0.2) is 0 Å². The quantitative estimate of drug-likeness (QED) is 0.578. The number of nitrogens with zero attached hydrogens (tertiary/aromatic N) is 2. The molecule has 6 nitrogen and oxygen atoms in total. The van der Waals surface area contributed by atoms with Crippen molar-refractivity contribution in [2.24, 2.45) is 21.8 Å². The summed E-state index contributed by atoms with van der Waals surface area (Å²) in [6.07, 6.45) is 0. The number of rotatable bonds is 5. The summed E-state index contributed by atoms with van der Waals surface area (Å²) in [4.78, 5) is 9.78. The summed E-state index contributed by atoms with van der Waals surface area (Å²) >= 11 is 0. The zero-order valence-electron chi connectivity index (χ0n) is 12.5. The molecule has 0 heterocycles. The molecule has 0 aromatic heterocycles. The van der Waals surface area contributed by atoms with Crippen LogP contribution in [0, 0.1) is 0 Å². The fourth-order valence-electron chi connectivity index (χ4n) is 0.464. The summed E-state index contributed by atoms with van der Waals surface area (Å²) in [7, 11) is 0. The van der Waals surface area contributed by atoms with E-state index in [2.05, 4.69) is 10.3 Å². The standard InChI is InChI=1S/C7H16N2O.C5H12N2O/c1-6(5-8)9-10-7(2,3)4;1-3-8-7-5(2)4-6/h5,8H2,1-4H3;3-4,6H2,1-2H3/b9-6+;7-5+. The Balaban J connectivity index is 0. The van der Waals surface area contributed by atoms with E-state index in [-0.39, 0.29) is 5.60 Å². The maximum Gasteiger partial charge on any atom is 0.129 e. The Morgan fingerprint density at radius 2 is 1.44 bits per heavy atom. The number of oxime groups is 2. The van der Waals surface area contributed by atoms with Crippen LogP contribution < -0.4 is 11.5 Å². The van der Waals surface area contributed by atoms with Crippen molar-refractivity contribution in [3.8, 4) is 0 Å². The first kappa shape index (κ1) is 19.2. The van der Waals surface area contributed by atoms with Gasteiger partial charge in [-0.2, -0.15) is 0 Å². The van der Waals surface area contributed by atoms with Crippen molar-refractivity contribution in [1.29, 1.82) is 0 Å². The molecule has 0 aliphatic carbocycles. The minimum absolute atomic E-state index is 0.212. The topological polar surface area (TPSA) is 95.2 Å². The van der Waals surface area contributed by atoms with Gasteiger partial charge in [0.25, 0.3) is 0 Å². The average Bonchev–Trinajstić information content (AvgIpc) is 2.32. The highest BCUT2D eigenvalue weighted by atomic mass is 16.6. The molecule has 0 amide bonds. The van der Waals surface area contributed by atoms with E-state index in [1.54, 1.807) is 0 Å². The minimum Gasteiger partial charge on any atom is -0.396 e. The van der Waals surface area contributed by atoms with Gasteiger partial charge in [-0.05, 0) is 41.5 Å². The molecule has 0 aromatic carbocycles. The number of hydrogen-bond acceptors (Lipinski definition) is 6. The monoisotopic (exact) mass is 260 g/mol. The Morgan fingerprint density at radius 1 is 1.00 bits per heavy atom. The normalized spacial score (nSPS) is 12.7. The first-order valence-corrected chi connectivity index (χ1v) is 6.04. The molecule has 0 rings (SSSR count). The van der Waals surface area contributed by atoms with Crippen LogP contribution >= 0.6 is 0 Å². The minimum atomic E-state index is -0.212. The van der Waals surface area contributed by atoms with Crippen LogP contribution in [0.3, 0.4) is 0 Å². The molecular weight excluding hydrogens is 232 g/mol. The van der Waals surface area contributed by atoms with Crippen LogP contribution in [-0.4, -0.2) is 36.7 Å². The van der Waals surface area contributed by atoms with Crippen molar-refractivity contribution < 1.29 is 9.68 Å². The van der Waals surface area contributed by atoms with E-state index in [0.717, 1.165) is 11.4 Å². The van der Waals surface area contributed by atoms with Gasteiger partial charge in [-0.25, -0.2) is 0 Å². The lowest BCUT2D eigenvalue weighted by Crippen LogP contribution is -2.18. The lowest BCUT2D eigenvalue weighted by atomic mass is 10.2. The molecule has 0 aliphatic rings. The molecule has 0 radical (unpaired) electrons. The highest BCUT2D eigenvalue weighted by molar-refractivity contribution is 5.83. The van der Waals surface area contributed by atoms with Crippen LogP contribution in [0.5, 0.6) is 0 Å². The molecule has 4 N–H and O–H groups in total. The third-order valence-electron chi connectivity index (χ3n) is 1.42. The fraction of sp³-hybridized carbons (Fsp3) is 0.833. The highest BCUT2D eigenvalue weighted by Crippen LogP contribution is 2.06. The largest absolute Gasteiger partial charge is 0.396 e. The predicted octanol–water partition coefficient (Wildman–Crippen LogP) is 1.49. The zero-order chi connectivity index (χ0) is 14.6. The first-order chi connectivity index (χ1) is 8.26. The number of hydrogen-bond donors (Lipinski definition) is 2. The molecule has 108 valence electrons. The summed E-state index contributed by atoms with van der Waals surface area (Å²) in [6.45, 7) is 12.9. The van der Waals surface area contributed by atoms with E-state index in [4.69, 9.17) is 21.1 Å². The van der Waals surface area contributed by atoms with Gasteiger partial charge in [-0.3, -0.25) is 0 Å². The van der Waals surface area contributed by atoms with Gasteiger partial charge < -0.3 is 21.1 Å². The summed E-state index contributed by atoms with van der Waals surface area (Å²) < 4.78 is 0.